The number of amides is 1. The molecular formula is C22H30N2O4S. The highest BCUT2D eigenvalue weighted by molar-refractivity contribution is 7.92. The van der Waals surface area contributed by atoms with Crippen LogP contribution >= 0.6 is 0 Å². The zero-order chi connectivity index (χ0) is 21.8. The lowest BCUT2D eigenvalue weighted by molar-refractivity contribution is -0.122. The van der Waals surface area contributed by atoms with Crippen LogP contribution in [0.15, 0.2) is 42.5 Å². The molecule has 2 aromatic rings. The minimum absolute atomic E-state index is 0.276. The van der Waals surface area contributed by atoms with Gasteiger partial charge in [-0.3, -0.25) is 9.10 Å². The third kappa shape index (κ3) is 5.73. The van der Waals surface area contributed by atoms with Gasteiger partial charge >= 0.3 is 0 Å². The van der Waals surface area contributed by atoms with E-state index in [1.54, 1.807) is 19.1 Å². The predicted molar refractivity (Wildman–Crippen MR) is 117 cm³/mol. The summed E-state index contributed by atoms with van der Waals surface area (Å²) in [7, 11) is -3.65. The first-order chi connectivity index (χ1) is 13.5. The van der Waals surface area contributed by atoms with E-state index in [4.69, 9.17) is 4.74 Å². The van der Waals surface area contributed by atoms with E-state index in [0.29, 0.717) is 12.3 Å². The number of aryl methyl sites for hydroxylation is 2. The molecule has 0 fully saturated rings. The molecule has 2 rings (SSSR count). The average Bonchev–Trinajstić information content (AvgIpc) is 2.64. The van der Waals surface area contributed by atoms with Gasteiger partial charge in [-0.25, -0.2) is 8.42 Å². The first kappa shape index (κ1) is 22.7. The zero-order valence-corrected chi connectivity index (χ0v) is 18.7. The summed E-state index contributed by atoms with van der Waals surface area (Å²) in [4.78, 5) is 12.9. The van der Waals surface area contributed by atoms with E-state index in [1.807, 2.05) is 58.0 Å². The van der Waals surface area contributed by atoms with Crippen LogP contribution in [-0.4, -0.2) is 33.2 Å². The number of sulfonamides is 1. The van der Waals surface area contributed by atoms with Gasteiger partial charge in [-0.2, -0.15) is 0 Å². The molecule has 0 spiro atoms. The molecule has 6 nitrogen and oxygen atoms in total. The van der Waals surface area contributed by atoms with Crippen molar-refractivity contribution < 1.29 is 17.9 Å². The lowest BCUT2D eigenvalue weighted by atomic mass is 10.1. The Bertz CT molecular complexity index is 955. The maximum atomic E-state index is 12.9. The maximum Gasteiger partial charge on any atom is 0.244 e. The van der Waals surface area contributed by atoms with E-state index in [2.05, 4.69) is 5.32 Å². The van der Waals surface area contributed by atoms with Crippen molar-refractivity contribution >= 4 is 21.6 Å². The average molecular weight is 419 g/mol. The van der Waals surface area contributed by atoms with Crippen molar-refractivity contribution in [1.29, 1.82) is 0 Å². The smallest absolute Gasteiger partial charge is 0.244 e. The van der Waals surface area contributed by atoms with Crippen molar-refractivity contribution in [3.63, 3.8) is 0 Å². The van der Waals surface area contributed by atoms with Crippen LogP contribution < -0.4 is 14.4 Å². The number of hydrogen-bond acceptors (Lipinski definition) is 4. The Morgan fingerprint density at radius 2 is 1.69 bits per heavy atom. The molecule has 2 atom stereocenters. The predicted octanol–water partition coefficient (Wildman–Crippen LogP) is 3.73. The molecule has 0 unspecified atom stereocenters. The van der Waals surface area contributed by atoms with E-state index < -0.39 is 16.1 Å². The van der Waals surface area contributed by atoms with Crippen molar-refractivity contribution in [3.8, 4) is 5.75 Å². The van der Waals surface area contributed by atoms with Gasteiger partial charge in [0.05, 0.1) is 24.6 Å². The minimum Gasteiger partial charge on any atom is -0.494 e. The fourth-order valence-electron chi connectivity index (χ4n) is 3.11. The molecule has 1 amide bonds. The summed E-state index contributed by atoms with van der Waals surface area (Å²) < 4.78 is 31.5. The molecule has 29 heavy (non-hydrogen) atoms. The van der Waals surface area contributed by atoms with Gasteiger partial charge in [0.2, 0.25) is 15.9 Å². The molecule has 0 saturated heterocycles. The molecule has 0 bridgehead atoms. The summed E-state index contributed by atoms with van der Waals surface area (Å²) in [6.45, 7) is 9.83. The van der Waals surface area contributed by atoms with Crippen molar-refractivity contribution in [2.75, 3.05) is 17.2 Å². The van der Waals surface area contributed by atoms with Crippen LogP contribution in [0.4, 0.5) is 5.69 Å². The van der Waals surface area contributed by atoms with Gasteiger partial charge < -0.3 is 10.1 Å². The summed E-state index contributed by atoms with van der Waals surface area (Å²) in [6.07, 6.45) is 1.11. The number of nitrogens with one attached hydrogen (secondary N) is 1. The Morgan fingerprint density at radius 1 is 1.07 bits per heavy atom. The van der Waals surface area contributed by atoms with Crippen LogP contribution in [0.5, 0.6) is 5.75 Å². The fourth-order valence-corrected chi connectivity index (χ4v) is 4.27. The third-order valence-electron chi connectivity index (χ3n) is 4.88. The van der Waals surface area contributed by atoms with E-state index in [1.165, 1.54) is 4.31 Å². The largest absolute Gasteiger partial charge is 0.494 e. The maximum absolute atomic E-state index is 12.9. The van der Waals surface area contributed by atoms with Gasteiger partial charge in [0.15, 0.2) is 0 Å². The lowest BCUT2D eigenvalue weighted by Crippen LogP contribution is -2.48. The standard InChI is InChI=1S/C22H30N2O4S/c1-7-28-21-12-9-19(10-13-21)17(4)23-22(25)18(5)24(29(6,26)27)20-11-8-15(2)16(3)14-20/h8-14,17-18H,7H2,1-6H3,(H,23,25)/t17-,18+/m0/s1. The number of benzene rings is 2. The highest BCUT2D eigenvalue weighted by Gasteiger charge is 2.30. The highest BCUT2D eigenvalue weighted by atomic mass is 32.2. The van der Waals surface area contributed by atoms with Crippen molar-refractivity contribution in [2.24, 2.45) is 0 Å². The monoisotopic (exact) mass is 418 g/mol. The molecular weight excluding hydrogens is 388 g/mol. The zero-order valence-electron chi connectivity index (χ0n) is 17.9. The normalized spacial score (nSPS) is 13.4. The number of nitrogens with zero attached hydrogens (tertiary/aromatic N) is 1. The Balaban J connectivity index is 2.21. The molecule has 0 saturated carbocycles. The summed E-state index contributed by atoms with van der Waals surface area (Å²) >= 11 is 0. The lowest BCUT2D eigenvalue weighted by Gasteiger charge is -2.29. The Hall–Kier alpha value is -2.54. The Morgan fingerprint density at radius 3 is 2.21 bits per heavy atom. The molecule has 0 aliphatic rings. The van der Waals surface area contributed by atoms with Gasteiger partial charge in [-0.1, -0.05) is 18.2 Å². The van der Waals surface area contributed by atoms with Crippen LogP contribution in [-0.2, 0) is 14.8 Å². The number of anilines is 1. The number of ether oxygens (including phenoxy) is 1. The molecule has 2 aromatic carbocycles. The fraction of sp³-hybridized carbons (Fsp3) is 0.409. The molecule has 158 valence electrons. The molecule has 1 N–H and O–H groups in total. The Kier molecular flexibility index (Phi) is 7.30. The summed E-state index contributed by atoms with van der Waals surface area (Å²) in [6, 6.07) is 11.7. The van der Waals surface area contributed by atoms with Gasteiger partial charge in [0.25, 0.3) is 0 Å². The van der Waals surface area contributed by atoms with Crippen LogP contribution in [0.3, 0.4) is 0 Å². The van der Waals surface area contributed by atoms with Crippen molar-refractivity contribution in [3.05, 3.63) is 59.2 Å². The second kappa shape index (κ2) is 9.31. The number of rotatable bonds is 8. The van der Waals surface area contributed by atoms with Gasteiger partial charge in [-0.05, 0) is 75.6 Å². The summed E-state index contributed by atoms with van der Waals surface area (Å²) in [5.41, 5.74) is 3.41. The second-order valence-corrected chi connectivity index (χ2v) is 9.10. The van der Waals surface area contributed by atoms with E-state index in [9.17, 15) is 13.2 Å². The molecule has 0 heterocycles. The Labute approximate surface area is 173 Å². The first-order valence-corrected chi connectivity index (χ1v) is 11.5. The van der Waals surface area contributed by atoms with Crippen LogP contribution in [0.25, 0.3) is 0 Å². The SMILES string of the molecule is CCOc1ccc([C@H](C)NC(=O)[C@@H](C)N(c2ccc(C)c(C)c2)S(C)(=O)=O)cc1. The van der Waals surface area contributed by atoms with Crippen LogP contribution in [0, 0.1) is 13.8 Å². The van der Waals surface area contributed by atoms with Crippen LogP contribution in [0.2, 0.25) is 0 Å². The molecule has 0 aromatic heterocycles. The molecule has 0 radical (unpaired) electrons. The van der Waals surface area contributed by atoms with Crippen LogP contribution in [0.1, 0.15) is 43.5 Å². The van der Waals surface area contributed by atoms with Gasteiger partial charge in [0.1, 0.15) is 11.8 Å². The summed E-state index contributed by atoms with van der Waals surface area (Å²) in [5, 5.41) is 2.91. The van der Waals surface area contributed by atoms with E-state index in [-0.39, 0.29) is 11.9 Å². The minimum atomic E-state index is -3.65. The van der Waals surface area contributed by atoms with E-state index >= 15 is 0 Å². The summed E-state index contributed by atoms with van der Waals surface area (Å²) in [5.74, 6) is 0.399. The molecule has 0 aliphatic heterocycles. The quantitative estimate of drug-likeness (QED) is 0.709. The number of carbonyl (C=O) groups is 1. The molecule has 0 aliphatic carbocycles. The number of hydrogen-bond donors (Lipinski definition) is 1. The van der Waals surface area contributed by atoms with Crippen molar-refractivity contribution in [2.45, 2.75) is 46.7 Å². The van der Waals surface area contributed by atoms with Gasteiger partial charge in [0, 0.05) is 0 Å². The van der Waals surface area contributed by atoms with Gasteiger partial charge in [-0.15, -0.1) is 0 Å². The molecule has 7 heteroatoms. The first-order valence-electron chi connectivity index (χ1n) is 9.64. The number of carbonyl (C=O) groups excluding carboxylic acids is 1. The van der Waals surface area contributed by atoms with E-state index in [0.717, 1.165) is 28.7 Å². The topological polar surface area (TPSA) is 75.7 Å². The highest BCUT2D eigenvalue weighted by Crippen LogP contribution is 2.24. The second-order valence-electron chi connectivity index (χ2n) is 7.24. The third-order valence-corrected chi connectivity index (χ3v) is 6.12. The van der Waals surface area contributed by atoms with Crippen molar-refractivity contribution in [1.82, 2.24) is 5.32 Å².